The van der Waals surface area contributed by atoms with Gasteiger partial charge in [-0.1, -0.05) is 6.07 Å². The van der Waals surface area contributed by atoms with E-state index in [1.165, 1.54) is 23.9 Å². The summed E-state index contributed by atoms with van der Waals surface area (Å²) in [5, 5.41) is 3.49. The molecule has 3 aliphatic heterocycles. The molecule has 0 radical (unpaired) electrons. The minimum absolute atomic E-state index is 0.225. The van der Waals surface area contributed by atoms with Gasteiger partial charge in [0.25, 0.3) is 0 Å². The van der Waals surface area contributed by atoms with Crippen LogP contribution in [0.25, 0.3) is 11.1 Å². The lowest BCUT2D eigenvalue weighted by Crippen LogP contribution is -2.47. The maximum atomic E-state index is 13.8. The Bertz CT molecular complexity index is 940. The van der Waals surface area contributed by atoms with Gasteiger partial charge in [0, 0.05) is 31.2 Å². The van der Waals surface area contributed by atoms with Gasteiger partial charge in [-0.25, -0.2) is 0 Å². The van der Waals surface area contributed by atoms with Crippen LogP contribution >= 0.6 is 0 Å². The number of alkyl halides is 3. The second-order valence-corrected chi connectivity index (χ2v) is 8.39. The molecule has 3 nitrogen and oxygen atoms in total. The molecule has 2 aromatic carbocycles. The lowest BCUT2D eigenvalue weighted by atomic mass is 9.74. The van der Waals surface area contributed by atoms with E-state index in [0.29, 0.717) is 17.4 Å². The summed E-state index contributed by atoms with van der Waals surface area (Å²) in [6.07, 6.45) is -1.33. The van der Waals surface area contributed by atoms with Gasteiger partial charge in [-0.3, -0.25) is 0 Å². The summed E-state index contributed by atoms with van der Waals surface area (Å²) in [6, 6.07) is 8.29. The maximum absolute atomic E-state index is 13.8. The van der Waals surface area contributed by atoms with E-state index in [2.05, 4.69) is 10.2 Å². The van der Waals surface area contributed by atoms with E-state index in [0.717, 1.165) is 51.5 Å². The van der Waals surface area contributed by atoms with Crippen molar-refractivity contribution in [1.82, 2.24) is 5.32 Å². The van der Waals surface area contributed by atoms with Crippen LogP contribution < -0.4 is 15.0 Å². The lowest BCUT2D eigenvalue weighted by Gasteiger charge is -2.46. The van der Waals surface area contributed by atoms with Crippen molar-refractivity contribution in [2.45, 2.75) is 31.4 Å². The fourth-order valence-electron chi connectivity index (χ4n) is 5.40. The fourth-order valence-corrected chi connectivity index (χ4v) is 5.40. The molecule has 3 heterocycles. The summed E-state index contributed by atoms with van der Waals surface area (Å²) < 4.78 is 46.6. The van der Waals surface area contributed by atoms with E-state index < -0.39 is 11.7 Å². The molecular weight excluding hydrogens is 377 g/mol. The predicted molar refractivity (Wildman–Crippen MR) is 108 cm³/mol. The van der Waals surface area contributed by atoms with Crippen molar-refractivity contribution in [3.63, 3.8) is 0 Å². The van der Waals surface area contributed by atoms with Gasteiger partial charge in [-0.2, -0.15) is 13.2 Å². The van der Waals surface area contributed by atoms with E-state index in [-0.39, 0.29) is 11.3 Å². The van der Waals surface area contributed by atoms with Gasteiger partial charge in [0.15, 0.2) is 0 Å². The molecule has 5 rings (SSSR count). The van der Waals surface area contributed by atoms with Crippen LogP contribution in [-0.4, -0.2) is 33.3 Å². The van der Waals surface area contributed by atoms with E-state index in [1.54, 1.807) is 12.1 Å². The SMILES string of the molecule is COc1ccc(-c2cc3c4c(c2)C2CNCCC2CN4CCC3)c(C(F)(F)F)c1. The van der Waals surface area contributed by atoms with E-state index in [1.807, 2.05) is 12.1 Å². The highest BCUT2D eigenvalue weighted by Gasteiger charge is 2.39. The average molecular weight is 402 g/mol. The Kier molecular flexibility index (Phi) is 4.50. The summed E-state index contributed by atoms with van der Waals surface area (Å²) in [7, 11) is 1.39. The van der Waals surface area contributed by atoms with Crippen LogP contribution in [0.2, 0.25) is 0 Å². The van der Waals surface area contributed by atoms with Crippen LogP contribution in [-0.2, 0) is 12.6 Å². The highest BCUT2D eigenvalue weighted by Crippen LogP contribution is 2.48. The number of hydrogen-bond acceptors (Lipinski definition) is 3. The third-order valence-electron chi connectivity index (χ3n) is 6.73. The number of ether oxygens (including phenoxy) is 1. The molecular formula is C23H25F3N2O. The fraction of sp³-hybridized carbons (Fsp3) is 0.478. The highest BCUT2D eigenvalue weighted by molar-refractivity contribution is 5.77. The molecule has 0 bridgehead atoms. The Labute approximate surface area is 168 Å². The zero-order valence-electron chi connectivity index (χ0n) is 16.5. The van der Waals surface area contributed by atoms with E-state index in [9.17, 15) is 13.2 Å². The molecule has 154 valence electrons. The smallest absolute Gasteiger partial charge is 0.417 e. The van der Waals surface area contributed by atoms with Crippen LogP contribution in [0.15, 0.2) is 30.3 Å². The van der Waals surface area contributed by atoms with Crippen LogP contribution in [0, 0.1) is 5.92 Å². The molecule has 0 saturated carbocycles. The molecule has 2 atom stereocenters. The Morgan fingerprint density at radius 3 is 2.83 bits per heavy atom. The van der Waals surface area contributed by atoms with Gasteiger partial charge in [0.05, 0.1) is 12.7 Å². The zero-order chi connectivity index (χ0) is 20.2. The number of aryl methyl sites for hydroxylation is 1. The number of methoxy groups -OCH3 is 1. The molecule has 1 N–H and O–H groups in total. The second kappa shape index (κ2) is 6.94. The number of halogens is 3. The van der Waals surface area contributed by atoms with Gasteiger partial charge >= 0.3 is 6.18 Å². The largest absolute Gasteiger partial charge is 0.497 e. The maximum Gasteiger partial charge on any atom is 0.417 e. The van der Waals surface area contributed by atoms with Gasteiger partial charge in [0.2, 0.25) is 0 Å². The Morgan fingerprint density at radius 1 is 1.17 bits per heavy atom. The van der Waals surface area contributed by atoms with Crippen molar-refractivity contribution in [2.75, 3.05) is 38.2 Å². The monoisotopic (exact) mass is 402 g/mol. The van der Waals surface area contributed by atoms with Gasteiger partial charge in [-0.15, -0.1) is 0 Å². The first-order valence-electron chi connectivity index (χ1n) is 10.3. The van der Waals surface area contributed by atoms with Gasteiger partial charge in [-0.05, 0) is 78.2 Å². The Hall–Kier alpha value is -2.21. The van der Waals surface area contributed by atoms with Crippen LogP contribution in [0.1, 0.15) is 35.4 Å². The Balaban J connectivity index is 1.69. The van der Waals surface area contributed by atoms with Crippen molar-refractivity contribution in [3.05, 3.63) is 47.0 Å². The number of fused-ring (bicyclic) bond motifs is 2. The molecule has 3 aliphatic rings. The summed E-state index contributed by atoms with van der Waals surface area (Å²) in [6.45, 7) is 4.05. The van der Waals surface area contributed by atoms with Crippen molar-refractivity contribution in [2.24, 2.45) is 5.92 Å². The normalized spacial score (nSPS) is 23.4. The molecule has 0 spiro atoms. The predicted octanol–water partition coefficient (Wildman–Crippen LogP) is 4.84. The summed E-state index contributed by atoms with van der Waals surface area (Å²) in [5.41, 5.74) is 3.97. The lowest BCUT2D eigenvalue weighted by molar-refractivity contribution is -0.137. The molecule has 2 aromatic rings. The molecule has 2 unspecified atom stereocenters. The zero-order valence-corrected chi connectivity index (χ0v) is 16.5. The first kappa shape index (κ1) is 18.8. The minimum Gasteiger partial charge on any atom is -0.497 e. The van der Waals surface area contributed by atoms with Crippen molar-refractivity contribution < 1.29 is 17.9 Å². The van der Waals surface area contributed by atoms with Crippen molar-refractivity contribution in [1.29, 1.82) is 0 Å². The average Bonchev–Trinajstić information content (AvgIpc) is 2.72. The molecule has 6 heteroatoms. The number of hydrogen-bond donors (Lipinski definition) is 1. The number of anilines is 1. The van der Waals surface area contributed by atoms with Crippen molar-refractivity contribution in [3.8, 4) is 16.9 Å². The minimum atomic E-state index is -4.43. The quantitative estimate of drug-likeness (QED) is 0.778. The first-order valence-corrected chi connectivity index (χ1v) is 10.3. The van der Waals surface area contributed by atoms with Gasteiger partial charge < -0.3 is 15.0 Å². The van der Waals surface area contributed by atoms with Crippen LogP contribution in [0.4, 0.5) is 18.9 Å². The first-order chi connectivity index (χ1) is 14.0. The topological polar surface area (TPSA) is 24.5 Å². The third-order valence-corrected chi connectivity index (χ3v) is 6.73. The number of rotatable bonds is 2. The van der Waals surface area contributed by atoms with Crippen LogP contribution in [0.5, 0.6) is 5.75 Å². The van der Waals surface area contributed by atoms with E-state index in [4.69, 9.17) is 4.74 Å². The number of piperidine rings is 1. The number of nitrogens with zero attached hydrogens (tertiary/aromatic N) is 1. The van der Waals surface area contributed by atoms with Gasteiger partial charge in [0.1, 0.15) is 5.75 Å². The molecule has 0 amide bonds. The third kappa shape index (κ3) is 3.18. The Morgan fingerprint density at radius 2 is 2.03 bits per heavy atom. The summed E-state index contributed by atoms with van der Waals surface area (Å²) in [5.74, 6) is 1.17. The summed E-state index contributed by atoms with van der Waals surface area (Å²) >= 11 is 0. The standard InChI is InChI=1S/C23H25F3N2O/c1-29-17-4-5-18(21(11-17)23(24,25)26)16-9-14-3-2-8-28-13-15-6-7-27-12-20(15)19(10-16)22(14)28/h4-5,9-11,15,20,27H,2-3,6-8,12-13H2,1H3. The molecule has 0 aromatic heterocycles. The molecule has 0 aliphatic carbocycles. The number of nitrogens with one attached hydrogen (secondary N) is 1. The number of benzene rings is 2. The molecule has 1 saturated heterocycles. The van der Waals surface area contributed by atoms with E-state index >= 15 is 0 Å². The molecule has 29 heavy (non-hydrogen) atoms. The summed E-state index contributed by atoms with van der Waals surface area (Å²) in [4.78, 5) is 2.48. The second-order valence-electron chi connectivity index (χ2n) is 8.39. The molecule has 1 fully saturated rings. The van der Waals surface area contributed by atoms with Crippen LogP contribution in [0.3, 0.4) is 0 Å². The highest BCUT2D eigenvalue weighted by atomic mass is 19.4. The van der Waals surface area contributed by atoms with Crippen molar-refractivity contribution >= 4 is 5.69 Å².